The van der Waals surface area contributed by atoms with E-state index in [1.54, 1.807) is 36.9 Å². The van der Waals surface area contributed by atoms with Crippen LogP contribution >= 0.6 is 0 Å². The van der Waals surface area contributed by atoms with Gasteiger partial charge in [-0.25, -0.2) is 4.98 Å². The van der Waals surface area contributed by atoms with E-state index < -0.39 is 0 Å². The van der Waals surface area contributed by atoms with Gasteiger partial charge in [0.1, 0.15) is 5.75 Å². The normalized spacial score (nSPS) is 16.1. The number of anilines is 1. The third-order valence-corrected chi connectivity index (χ3v) is 4.25. The van der Waals surface area contributed by atoms with Crippen molar-refractivity contribution in [1.29, 1.82) is 0 Å². The summed E-state index contributed by atoms with van der Waals surface area (Å²) in [5, 5.41) is 10.0. The summed E-state index contributed by atoms with van der Waals surface area (Å²) in [6, 6.07) is 7.19. The van der Waals surface area contributed by atoms with E-state index in [-0.39, 0.29) is 11.8 Å². The van der Waals surface area contributed by atoms with Crippen LogP contribution in [0.3, 0.4) is 0 Å². The summed E-state index contributed by atoms with van der Waals surface area (Å²) >= 11 is 0. The van der Waals surface area contributed by atoms with Crippen LogP contribution in [0, 0.1) is 0 Å². The number of aromatic nitrogens is 4. The van der Waals surface area contributed by atoms with Gasteiger partial charge in [0.25, 0.3) is 0 Å². The molecule has 1 aromatic carbocycles. The van der Waals surface area contributed by atoms with Crippen LogP contribution in [0.25, 0.3) is 0 Å². The average molecular weight is 335 g/mol. The van der Waals surface area contributed by atoms with E-state index in [4.69, 9.17) is 4.74 Å². The zero-order valence-electron chi connectivity index (χ0n) is 13.5. The number of nitrogens with zero attached hydrogens (tertiary/aromatic N) is 3. The summed E-state index contributed by atoms with van der Waals surface area (Å²) in [6.07, 6.45) is 9.23. The van der Waals surface area contributed by atoms with Crippen LogP contribution in [-0.2, 0) is 11.2 Å². The number of nitrogens with one attached hydrogen (secondary N) is 2. The van der Waals surface area contributed by atoms with Crippen molar-refractivity contribution in [2.75, 3.05) is 5.32 Å². The van der Waals surface area contributed by atoms with Gasteiger partial charge in [-0.2, -0.15) is 5.10 Å². The summed E-state index contributed by atoms with van der Waals surface area (Å²) in [6.45, 7) is 0. The standard InChI is InChI=1S/C18H17N5O2/c24-18(14-2-1-3-16-15(14)10-21-23-16)22-12-4-6-13(7-5-12)25-17-11-19-8-9-20-17/h4-11,14H,1-3H2,(H,21,23)(H,22,24)/t14-/m1/s1. The molecular weight excluding hydrogens is 318 g/mol. The number of fused-ring (bicyclic) bond motifs is 1. The largest absolute Gasteiger partial charge is 0.438 e. The first-order chi connectivity index (χ1) is 12.3. The molecule has 0 aliphatic heterocycles. The van der Waals surface area contributed by atoms with Crippen molar-refractivity contribution in [2.24, 2.45) is 0 Å². The van der Waals surface area contributed by atoms with Gasteiger partial charge in [-0.15, -0.1) is 0 Å². The summed E-state index contributed by atoms with van der Waals surface area (Å²) < 4.78 is 5.59. The highest BCUT2D eigenvalue weighted by Gasteiger charge is 2.27. The van der Waals surface area contributed by atoms with Gasteiger partial charge in [0.15, 0.2) is 0 Å². The molecule has 0 spiro atoms. The van der Waals surface area contributed by atoms with E-state index in [0.717, 1.165) is 36.2 Å². The predicted molar refractivity (Wildman–Crippen MR) is 91.4 cm³/mol. The predicted octanol–water partition coefficient (Wildman–Crippen LogP) is 3.05. The second-order valence-electron chi connectivity index (χ2n) is 5.91. The number of rotatable bonds is 4. The van der Waals surface area contributed by atoms with Crippen molar-refractivity contribution >= 4 is 11.6 Å². The molecule has 0 saturated heterocycles. The lowest BCUT2D eigenvalue weighted by Gasteiger charge is -2.21. The molecule has 1 aliphatic carbocycles. The van der Waals surface area contributed by atoms with E-state index in [1.165, 1.54) is 0 Å². The van der Waals surface area contributed by atoms with E-state index in [2.05, 4.69) is 25.5 Å². The number of hydrogen-bond donors (Lipinski definition) is 2. The fourth-order valence-electron chi connectivity index (χ4n) is 3.03. The molecule has 1 amide bonds. The van der Waals surface area contributed by atoms with E-state index in [9.17, 15) is 4.79 Å². The van der Waals surface area contributed by atoms with Crippen molar-refractivity contribution in [1.82, 2.24) is 20.2 Å². The Balaban J connectivity index is 1.42. The maximum absolute atomic E-state index is 12.6. The number of H-pyrrole nitrogens is 1. The van der Waals surface area contributed by atoms with E-state index >= 15 is 0 Å². The first kappa shape index (κ1) is 15.3. The maximum Gasteiger partial charge on any atom is 0.237 e. The molecule has 25 heavy (non-hydrogen) atoms. The zero-order valence-corrected chi connectivity index (χ0v) is 13.5. The quantitative estimate of drug-likeness (QED) is 0.764. The first-order valence-corrected chi connectivity index (χ1v) is 8.16. The van der Waals surface area contributed by atoms with Crippen LogP contribution in [0.2, 0.25) is 0 Å². The minimum absolute atomic E-state index is 0.00931. The van der Waals surface area contributed by atoms with Gasteiger partial charge in [0, 0.05) is 29.3 Å². The number of amides is 1. The van der Waals surface area contributed by atoms with Crippen molar-refractivity contribution < 1.29 is 9.53 Å². The second kappa shape index (κ2) is 6.72. The first-order valence-electron chi connectivity index (χ1n) is 8.16. The SMILES string of the molecule is O=C(Nc1ccc(Oc2cnccn2)cc1)[C@@H]1CCCc2[nH]ncc21. The van der Waals surface area contributed by atoms with Crippen molar-refractivity contribution in [2.45, 2.75) is 25.2 Å². The Morgan fingerprint density at radius 1 is 1.20 bits per heavy atom. The van der Waals surface area contributed by atoms with Gasteiger partial charge < -0.3 is 10.1 Å². The molecule has 3 aromatic rings. The molecule has 2 N–H and O–H groups in total. The highest BCUT2D eigenvalue weighted by molar-refractivity contribution is 5.96. The third-order valence-electron chi connectivity index (χ3n) is 4.25. The van der Waals surface area contributed by atoms with Crippen LogP contribution in [0.15, 0.2) is 49.1 Å². The number of benzene rings is 1. The molecule has 7 nitrogen and oxygen atoms in total. The van der Waals surface area contributed by atoms with E-state index in [1.807, 2.05) is 12.1 Å². The number of carbonyl (C=O) groups excluding carboxylic acids is 1. The fraction of sp³-hybridized carbons (Fsp3) is 0.222. The molecule has 1 atom stereocenters. The molecule has 7 heteroatoms. The Labute approximate surface area is 144 Å². The topological polar surface area (TPSA) is 92.8 Å². The molecule has 0 fully saturated rings. The molecule has 0 bridgehead atoms. The van der Waals surface area contributed by atoms with Gasteiger partial charge in [0.2, 0.25) is 11.8 Å². The molecule has 0 unspecified atom stereocenters. The molecule has 2 heterocycles. The number of aromatic amines is 1. The van der Waals surface area contributed by atoms with Gasteiger partial charge in [-0.3, -0.25) is 14.9 Å². The van der Waals surface area contributed by atoms with Crippen molar-refractivity contribution in [3.63, 3.8) is 0 Å². The maximum atomic E-state index is 12.6. The average Bonchev–Trinajstić information content (AvgIpc) is 3.13. The molecule has 0 saturated carbocycles. The monoisotopic (exact) mass is 335 g/mol. The lowest BCUT2D eigenvalue weighted by molar-refractivity contribution is -0.117. The molecule has 1 aliphatic rings. The summed E-state index contributed by atoms with van der Waals surface area (Å²) in [4.78, 5) is 20.6. The van der Waals surface area contributed by atoms with Crippen LogP contribution in [-0.4, -0.2) is 26.1 Å². The summed E-state index contributed by atoms with van der Waals surface area (Å²) in [5.41, 5.74) is 2.80. The molecule has 4 rings (SSSR count). The number of ether oxygens (including phenoxy) is 1. The second-order valence-corrected chi connectivity index (χ2v) is 5.91. The molecule has 2 aromatic heterocycles. The molecular formula is C18H17N5O2. The van der Waals surface area contributed by atoms with Crippen LogP contribution in [0.4, 0.5) is 5.69 Å². The zero-order chi connectivity index (χ0) is 17.1. The Morgan fingerprint density at radius 3 is 2.88 bits per heavy atom. The van der Waals surface area contributed by atoms with Gasteiger partial charge in [-0.05, 0) is 43.5 Å². The minimum atomic E-state index is -0.155. The van der Waals surface area contributed by atoms with Gasteiger partial charge in [-0.1, -0.05) is 0 Å². The molecule has 126 valence electrons. The number of aryl methyl sites for hydroxylation is 1. The van der Waals surface area contributed by atoms with Crippen molar-refractivity contribution in [3.05, 3.63) is 60.3 Å². The fourth-order valence-corrected chi connectivity index (χ4v) is 3.03. The minimum Gasteiger partial charge on any atom is -0.438 e. The van der Waals surface area contributed by atoms with Gasteiger partial charge in [0.05, 0.1) is 18.3 Å². The Kier molecular flexibility index (Phi) is 4.12. The lowest BCUT2D eigenvalue weighted by Crippen LogP contribution is -2.24. The smallest absolute Gasteiger partial charge is 0.237 e. The van der Waals surface area contributed by atoms with Gasteiger partial charge >= 0.3 is 0 Å². The van der Waals surface area contributed by atoms with Crippen LogP contribution in [0.1, 0.15) is 30.0 Å². The molecule has 0 radical (unpaired) electrons. The lowest BCUT2D eigenvalue weighted by atomic mass is 9.86. The summed E-state index contributed by atoms with van der Waals surface area (Å²) in [5.74, 6) is 0.894. The Morgan fingerprint density at radius 2 is 2.08 bits per heavy atom. The Hall–Kier alpha value is -3.22. The Bertz CT molecular complexity index is 861. The highest BCUT2D eigenvalue weighted by atomic mass is 16.5. The number of carbonyl (C=O) groups is 1. The third kappa shape index (κ3) is 3.35. The van der Waals surface area contributed by atoms with Crippen LogP contribution in [0.5, 0.6) is 11.6 Å². The van der Waals surface area contributed by atoms with E-state index in [0.29, 0.717) is 11.6 Å². The highest BCUT2D eigenvalue weighted by Crippen LogP contribution is 2.31. The van der Waals surface area contributed by atoms with Crippen LogP contribution < -0.4 is 10.1 Å². The number of hydrogen-bond acceptors (Lipinski definition) is 5. The summed E-state index contributed by atoms with van der Waals surface area (Å²) in [7, 11) is 0. The van der Waals surface area contributed by atoms with Crippen molar-refractivity contribution in [3.8, 4) is 11.6 Å².